The zero-order valence-corrected chi connectivity index (χ0v) is 10.8. The molecule has 2 fully saturated rings. The van der Waals surface area contributed by atoms with Crippen molar-refractivity contribution in [3.63, 3.8) is 0 Å². The molecule has 4 nitrogen and oxygen atoms in total. The van der Waals surface area contributed by atoms with Crippen LogP contribution in [0.3, 0.4) is 0 Å². The summed E-state index contributed by atoms with van der Waals surface area (Å²) >= 11 is 6.89. The number of carboxylic acid groups (broad SMARTS) is 2. The summed E-state index contributed by atoms with van der Waals surface area (Å²) in [6.45, 7) is 0. The first-order valence-corrected chi connectivity index (χ1v) is 6.52. The number of halogens is 2. The van der Waals surface area contributed by atoms with E-state index in [1.54, 1.807) is 0 Å². The number of fused-ring (bicyclic) bond motifs is 2. The molecule has 2 saturated carbocycles. The molecule has 84 valence electrons. The highest BCUT2D eigenvalue weighted by Crippen LogP contribution is 2.57. The zero-order valence-electron chi connectivity index (χ0n) is 7.64. The number of rotatable bonds is 2. The minimum Gasteiger partial charge on any atom is -0.481 e. The van der Waals surface area contributed by atoms with Crippen molar-refractivity contribution in [2.45, 2.75) is 16.1 Å². The number of aliphatic carboxylic acids is 2. The van der Waals surface area contributed by atoms with Crippen LogP contribution >= 0.6 is 31.9 Å². The molecule has 6 heteroatoms. The quantitative estimate of drug-likeness (QED) is 0.747. The molecule has 0 aromatic heterocycles. The fraction of sp³-hybridized carbons (Fsp3) is 0.778. The summed E-state index contributed by atoms with van der Waals surface area (Å²) in [5, 5.41) is 18.1. The Morgan fingerprint density at radius 2 is 1.27 bits per heavy atom. The Bertz CT molecular complexity index is 289. The van der Waals surface area contributed by atoms with E-state index in [2.05, 4.69) is 31.9 Å². The van der Waals surface area contributed by atoms with E-state index in [4.69, 9.17) is 10.2 Å². The van der Waals surface area contributed by atoms with Crippen molar-refractivity contribution in [1.29, 1.82) is 0 Å². The Morgan fingerprint density at radius 3 is 1.53 bits per heavy atom. The van der Waals surface area contributed by atoms with E-state index in [1.165, 1.54) is 0 Å². The molecule has 0 radical (unpaired) electrons. The molecule has 2 N–H and O–H groups in total. The van der Waals surface area contributed by atoms with Crippen LogP contribution in [-0.2, 0) is 9.59 Å². The number of carboxylic acids is 2. The van der Waals surface area contributed by atoms with E-state index in [1.807, 2.05) is 0 Å². The van der Waals surface area contributed by atoms with Crippen molar-refractivity contribution in [1.82, 2.24) is 0 Å². The third-order valence-electron chi connectivity index (χ3n) is 3.55. The van der Waals surface area contributed by atoms with Crippen molar-refractivity contribution in [2.24, 2.45) is 23.7 Å². The molecule has 0 spiro atoms. The predicted octanol–water partition coefficient (Wildman–Crippen LogP) is 1.56. The summed E-state index contributed by atoms with van der Waals surface area (Å²) in [7, 11) is 0. The van der Waals surface area contributed by atoms with Gasteiger partial charge in [-0.25, -0.2) is 0 Å². The van der Waals surface area contributed by atoms with Gasteiger partial charge in [-0.3, -0.25) is 9.59 Å². The summed E-state index contributed by atoms with van der Waals surface area (Å²) in [5.41, 5.74) is 0. The summed E-state index contributed by atoms with van der Waals surface area (Å²) in [5.74, 6) is -3.61. The first-order chi connectivity index (χ1) is 6.95. The molecular weight excluding hydrogens is 332 g/mol. The van der Waals surface area contributed by atoms with Crippen LogP contribution in [0.4, 0.5) is 0 Å². The second-order valence-electron chi connectivity index (χ2n) is 4.18. The third-order valence-corrected chi connectivity index (χ3v) is 6.75. The summed E-state index contributed by atoms with van der Waals surface area (Å²) < 4.78 is 0. The molecular formula is C9H10Br2O4. The smallest absolute Gasteiger partial charge is 0.307 e. The first-order valence-electron chi connectivity index (χ1n) is 4.69. The van der Waals surface area contributed by atoms with E-state index in [-0.39, 0.29) is 21.5 Å². The normalized spacial score (nSPS) is 48.1. The molecule has 2 rings (SSSR count). The second kappa shape index (κ2) is 3.73. The topological polar surface area (TPSA) is 74.6 Å². The molecule has 0 heterocycles. The van der Waals surface area contributed by atoms with Crippen molar-refractivity contribution in [2.75, 3.05) is 0 Å². The monoisotopic (exact) mass is 340 g/mol. The maximum atomic E-state index is 11.1. The molecule has 6 atom stereocenters. The highest BCUT2D eigenvalue weighted by Gasteiger charge is 2.61. The van der Waals surface area contributed by atoms with Crippen LogP contribution in [0.15, 0.2) is 0 Å². The van der Waals surface area contributed by atoms with E-state index in [0.29, 0.717) is 6.42 Å². The first kappa shape index (κ1) is 11.4. The molecule has 0 aromatic rings. The van der Waals surface area contributed by atoms with Gasteiger partial charge in [0, 0.05) is 9.65 Å². The van der Waals surface area contributed by atoms with Crippen LogP contribution in [0.5, 0.6) is 0 Å². The van der Waals surface area contributed by atoms with E-state index >= 15 is 0 Å². The molecule has 2 aliphatic rings. The van der Waals surface area contributed by atoms with Gasteiger partial charge in [-0.2, -0.15) is 0 Å². The van der Waals surface area contributed by atoms with Crippen LogP contribution in [0, 0.1) is 23.7 Å². The summed E-state index contributed by atoms with van der Waals surface area (Å²) in [4.78, 5) is 22.3. The van der Waals surface area contributed by atoms with Gasteiger partial charge in [0.25, 0.3) is 0 Å². The largest absolute Gasteiger partial charge is 0.481 e. The highest BCUT2D eigenvalue weighted by molar-refractivity contribution is 9.12. The number of alkyl halides is 2. The van der Waals surface area contributed by atoms with Crippen LogP contribution in [0.25, 0.3) is 0 Å². The van der Waals surface area contributed by atoms with Gasteiger partial charge in [0.15, 0.2) is 0 Å². The lowest BCUT2D eigenvalue weighted by Gasteiger charge is -2.31. The Kier molecular flexibility index (Phi) is 2.83. The molecule has 0 amide bonds. The predicted molar refractivity (Wildman–Crippen MR) is 59.3 cm³/mol. The van der Waals surface area contributed by atoms with Gasteiger partial charge in [-0.1, -0.05) is 31.9 Å². The van der Waals surface area contributed by atoms with Crippen LogP contribution < -0.4 is 0 Å². The molecule has 0 aliphatic heterocycles. The van der Waals surface area contributed by atoms with E-state index < -0.39 is 23.8 Å². The molecule has 15 heavy (non-hydrogen) atoms. The summed E-state index contributed by atoms with van der Waals surface area (Å²) in [6.07, 6.45) is 0.680. The Balaban J connectivity index is 2.32. The zero-order chi connectivity index (χ0) is 11.3. The number of hydrogen-bond acceptors (Lipinski definition) is 2. The van der Waals surface area contributed by atoms with Gasteiger partial charge in [-0.05, 0) is 18.3 Å². The van der Waals surface area contributed by atoms with E-state index in [9.17, 15) is 9.59 Å². The fourth-order valence-corrected chi connectivity index (χ4v) is 4.82. The standard InChI is InChI=1S/C9H10Br2O4/c10-6-2-1-3(7(6)11)5(9(14)15)4(2)8(12)13/h2-7H,1H2,(H,12,13)(H,14,15)/t2-,3+,4?,5?,6?,7?. The lowest BCUT2D eigenvalue weighted by atomic mass is 9.79. The average molecular weight is 342 g/mol. The van der Waals surface area contributed by atoms with Gasteiger partial charge >= 0.3 is 11.9 Å². The van der Waals surface area contributed by atoms with Gasteiger partial charge in [0.2, 0.25) is 0 Å². The second-order valence-corrected chi connectivity index (χ2v) is 6.29. The molecule has 0 saturated heterocycles. The van der Waals surface area contributed by atoms with Crippen molar-refractivity contribution >= 4 is 43.8 Å². The molecule has 2 aliphatic carbocycles. The third kappa shape index (κ3) is 1.53. The Labute approximate surface area is 103 Å². The fourth-order valence-electron chi connectivity index (χ4n) is 2.94. The highest BCUT2D eigenvalue weighted by atomic mass is 79.9. The minimum atomic E-state index is -0.987. The maximum absolute atomic E-state index is 11.1. The molecule has 2 bridgehead atoms. The van der Waals surface area contributed by atoms with Gasteiger partial charge < -0.3 is 10.2 Å². The summed E-state index contributed by atoms with van der Waals surface area (Å²) in [6, 6.07) is 0. The van der Waals surface area contributed by atoms with Crippen molar-refractivity contribution in [3.05, 3.63) is 0 Å². The van der Waals surface area contributed by atoms with Gasteiger partial charge in [0.1, 0.15) is 0 Å². The lowest BCUT2D eigenvalue weighted by Crippen LogP contribution is -2.43. The SMILES string of the molecule is O=C(O)C1C(C(=O)O)[C@H]2C[C@@H]1C(Br)C2Br. The Morgan fingerprint density at radius 1 is 0.933 bits per heavy atom. The lowest BCUT2D eigenvalue weighted by molar-refractivity contribution is -0.155. The minimum absolute atomic E-state index is 0.0687. The van der Waals surface area contributed by atoms with Gasteiger partial charge in [-0.15, -0.1) is 0 Å². The van der Waals surface area contributed by atoms with Crippen LogP contribution in [0.1, 0.15) is 6.42 Å². The maximum Gasteiger partial charge on any atom is 0.307 e. The van der Waals surface area contributed by atoms with Gasteiger partial charge in [0.05, 0.1) is 11.8 Å². The van der Waals surface area contributed by atoms with Crippen molar-refractivity contribution < 1.29 is 19.8 Å². The van der Waals surface area contributed by atoms with Crippen molar-refractivity contribution in [3.8, 4) is 0 Å². The Hall–Kier alpha value is -0.100. The average Bonchev–Trinajstić information content (AvgIpc) is 2.64. The molecule has 0 aromatic carbocycles. The van der Waals surface area contributed by atoms with Crippen LogP contribution in [0.2, 0.25) is 0 Å². The number of carbonyl (C=O) groups is 2. The molecule has 4 unspecified atom stereocenters. The van der Waals surface area contributed by atoms with E-state index in [0.717, 1.165) is 0 Å². The van der Waals surface area contributed by atoms with Crippen LogP contribution in [-0.4, -0.2) is 31.8 Å². The number of hydrogen-bond donors (Lipinski definition) is 2.